The van der Waals surface area contributed by atoms with E-state index in [2.05, 4.69) is 5.32 Å². The van der Waals surface area contributed by atoms with Gasteiger partial charge >= 0.3 is 0 Å². The summed E-state index contributed by atoms with van der Waals surface area (Å²) in [5.41, 5.74) is 2.16. The van der Waals surface area contributed by atoms with E-state index in [9.17, 15) is 13.2 Å². The molecule has 2 aliphatic rings. The largest absolute Gasteiger partial charge is 0.349 e. The van der Waals surface area contributed by atoms with Gasteiger partial charge in [0.25, 0.3) is 15.9 Å². The van der Waals surface area contributed by atoms with Crippen LogP contribution in [0.15, 0.2) is 53.4 Å². The molecule has 1 amide bonds. The number of sulfonamides is 1. The highest BCUT2D eigenvalue weighted by Crippen LogP contribution is 2.32. The van der Waals surface area contributed by atoms with Gasteiger partial charge in [0.15, 0.2) is 0 Å². The fraction of sp³-hybridized carbons (Fsp3) is 0.381. The first kappa shape index (κ1) is 18.0. The number of anilines is 1. The second kappa shape index (κ2) is 7.35. The first-order valence-corrected chi connectivity index (χ1v) is 11.0. The van der Waals surface area contributed by atoms with E-state index in [4.69, 9.17) is 0 Å². The molecule has 1 aliphatic heterocycles. The molecule has 2 aromatic rings. The van der Waals surface area contributed by atoms with E-state index in [0.29, 0.717) is 18.5 Å². The molecule has 0 unspecified atom stereocenters. The van der Waals surface area contributed by atoms with Crippen molar-refractivity contribution in [1.29, 1.82) is 0 Å². The van der Waals surface area contributed by atoms with Gasteiger partial charge in [0, 0.05) is 18.2 Å². The Morgan fingerprint density at radius 2 is 1.78 bits per heavy atom. The number of benzene rings is 2. The molecule has 1 fully saturated rings. The van der Waals surface area contributed by atoms with Crippen LogP contribution in [0.1, 0.15) is 48.0 Å². The summed E-state index contributed by atoms with van der Waals surface area (Å²) < 4.78 is 27.8. The number of nitrogens with zero attached hydrogens (tertiary/aromatic N) is 1. The molecule has 0 aromatic heterocycles. The van der Waals surface area contributed by atoms with Gasteiger partial charge in [0.1, 0.15) is 0 Å². The maximum Gasteiger partial charge on any atom is 0.264 e. The summed E-state index contributed by atoms with van der Waals surface area (Å²) in [4.78, 5) is 12.8. The van der Waals surface area contributed by atoms with Gasteiger partial charge in [-0.05, 0) is 49.1 Å². The molecule has 1 saturated carbocycles. The lowest BCUT2D eigenvalue weighted by Gasteiger charge is -2.23. The topological polar surface area (TPSA) is 66.5 Å². The third kappa shape index (κ3) is 3.58. The quantitative estimate of drug-likeness (QED) is 0.877. The summed E-state index contributed by atoms with van der Waals surface area (Å²) in [6, 6.07) is 14.1. The van der Waals surface area contributed by atoms with Crippen molar-refractivity contribution in [2.75, 3.05) is 10.8 Å². The van der Waals surface area contributed by atoms with Gasteiger partial charge in [-0.1, -0.05) is 43.5 Å². The zero-order valence-corrected chi connectivity index (χ0v) is 16.0. The minimum absolute atomic E-state index is 0.162. The molecule has 4 rings (SSSR count). The van der Waals surface area contributed by atoms with Crippen molar-refractivity contribution in [2.24, 2.45) is 0 Å². The number of hydrogen-bond donors (Lipinski definition) is 1. The van der Waals surface area contributed by atoms with Gasteiger partial charge in [0.2, 0.25) is 0 Å². The minimum Gasteiger partial charge on any atom is -0.349 e. The molecule has 0 bridgehead atoms. The van der Waals surface area contributed by atoms with Gasteiger partial charge in [-0.15, -0.1) is 0 Å². The number of amides is 1. The lowest BCUT2D eigenvalue weighted by Crippen LogP contribution is -2.36. The Morgan fingerprint density at radius 3 is 2.59 bits per heavy atom. The van der Waals surface area contributed by atoms with E-state index in [1.54, 1.807) is 18.2 Å². The summed E-state index contributed by atoms with van der Waals surface area (Å²) in [5, 5.41) is 3.05. The van der Waals surface area contributed by atoms with Crippen molar-refractivity contribution in [2.45, 2.75) is 49.5 Å². The van der Waals surface area contributed by atoms with Crippen molar-refractivity contribution >= 4 is 21.6 Å². The molecular formula is C21H24N2O3S. The van der Waals surface area contributed by atoms with Crippen molar-refractivity contribution in [3.05, 3.63) is 59.7 Å². The summed E-state index contributed by atoms with van der Waals surface area (Å²) in [6.07, 6.45) is 6.18. The number of hydrogen-bond acceptors (Lipinski definition) is 3. The number of fused-ring (bicyclic) bond motifs is 1. The SMILES string of the molecule is O=C(NC1CCCCC1)c1cccc(S(=O)(=O)N2CCc3ccccc32)c1. The van der Waals surface area contributed by atoms with Crippen LogP contribution in [0.2, 0.25) is 0 Å². The Labute approximate surface area is 160 Å². The minimum atomic E-state index is -3.69. The lowest BCUT2D eigenvalue weighted by molar-refractivity contribution is 0.0927. The fourth-order valence-corrected chi connectivity index (χ4v) is 5.55. The number of rotatable bonds is 4. The molecule has 0 spiro atoms. The van der Waals surface area contributed by atoms with Crippen molar-refractivity contribution in [3.8, 4) is 0 Å². The first-order chi connectivity index (χ1) is 13.1. The second-order valence-corrected chi connectivity index (χ2v) is 9.15. The van der Waals surface area contributed by atoms with Crippen LogP contribution in [0, 0.1) is 0 Å². The molecule has 6 heteroatoms. The summed E-state index contributed by atoms with van der Waals surface area (Å²) in [6.45, 7) is 0.431. The Kier molecular flexibility index (Phi) is 4.91. The highest BCUT2D eigenvalue weighted by molar-refractivity contribution is 7.92. The number of carbonyl (C=O) groups excluding carboxylic acids is 1. The third-order valence-corrected chi connectivity index (χ3v) is 7.28. The second-order valence-electron chi connectivity index (χ2n) is 7.29. The zero-order chi connectivity index (χ0) is 18.9. The Hall–Kier alpha value is -2.34. The highest BCUT2D eigenvalue weighted by atomic mass is 32.2. The third-order valence-electron chi connectivity index (χ3n) is 5.47. The molecule has 2 aromatic carbocycles. The van der Waals surface area contributed by atoms with E-state index >= 15 is 0 Å². The van der Waals surface area contributed by atoms with Crippen LogP contribution in [0.3, 0.4) is 0 Å². The van der Waals surface area contributed by atoms with Crippen LogP contribution in [0.4, 0.5) is 5.69 Å². The normalized spacial score (nSPS) is 17.6. The van der Waals surface area contributed by atoms with Gasteiger partial charge in [-0.3, -0.25) is 9.10 Å². The lowest BCUT2D eigenvalue weighted by atomic mass is 9.95. The Morgan fingerprint density at radius 1 is 1.00 bits per heavy atom. The van der Waals surface area contributed by atoms with Crippen LogP contribution in [0.25, 0.3) is 0 Å². The van der Waals surface area contributed by atoms with Gasteiger partial charge in [-0.25, -0.2) is 8.42 Å². The molecule has 142 valence electrons. The smallest absolute Gasteiger partial charge is 0.264 e. The van der Waals surface area contributed by atoms with Gasteiger partial charge in [-0.2, -0.15) is 0 Å². The number of para-hydroxylation sites is 1. The van der Waals surface area contributed by atoms with E-state index in [1.807, 2.05) is 24.3 Å². The summed E-state index contributed by atoms with van der Waals surface area (Å²) in [5.74, 6) is -0.194. The fourth-order valence-electron chi connectivity index (χ4n) is 4.00. The zero-order valence-electron chi connectivity index (χ0n) is 15.2. The van der Waals surface area contributed by atoms with Crippen molar-refractivity contribution < 1.29 is 13.2 Å². The molecule has 1 heterocycles. The standard InChI is InChI=1S/C21H24N2O3S/c24-21(22-18-9-2-1-3-10-18)17-8-6-11-19(15-17)27(25,26)23-14-13-16-7-4-5-12-20(16)23/h4-8,11-12,15,18H,1-3,9-10,13-14H2,(H,22,24). The Balaban J connectivity index is 1.57. The first-order valence-electron chi connectivity index (χ1n) is 9.57. The predicted octanol–water partition coefficient (Wildman–Crippen LogP) is 3.50. The molecular weight excluding hydrogens is 360 g/mol. The predicted molar refractivity (Wildman–Crippen MR) is 105 cm³/mol. The van der Waals surface area contributed by atoms with Crippen LogP contribution in [-0.2, 0) is 16.4 Å². The molecule has 0 radical (unpaired) electrons. The average molecular weight is 385 g/mol. The molecule has 27 heavy (non-hydrogen) atoms. The maximum atomic E-state index is 13.2. The van der Waals surface area contributed by atoms with E-state index in [1.165, 1.54) is 16.8 Å². The molecule has 1 aliphatic carbocycles. The van der Waals surface area contributed by atoms with E-state index in [-0.39, 0.29) is 16.8 Å². The number of carbonyl (C=O) groups is 1. The molecule has 1 N–H and O–H groups in total. The van der Waals surface area contributed by atoms with E-state index in [0.717, 1.165) is 36.9 Å². The highest BCUT2D eigenvalue weighted by Gasteiger charge is 2.31. The van der Waals surface area contributed by atoms with Crippen LogP contribution in [0.5, 0.6) is 0 Å². The van der Waals surface area contributed by atoms with Crippen molar-refractivity contribution in [3.63, 3.8) is 0 Å². The average Bonchev–Trinajstić information content (AvgIpc) is 3.14. The summed E-state index contributed by atoms with van der Waals surface area (Å²) >= 11 is 0. The van der Waals surface area contributed by atoms with Crippen LogP contribution < -0.4 is 9.62 Å². The van der Waals surface area contributed by atoms with Crippen molar-refractivity contribution in [1.82, 2.24) is 5.32 Å². The van der Waals surface area contributed by atoms with E-state index < -0.39 is 10.0 Å². The molecule has 0 saturated heterocycles. The number of nitrogens with one attached hydrogen (secondary N) is 1. The Bertz CT molecular complexity index is 949. The van der Waals surface area contributed by atoms with Crippen LogP contribution in [-0.4, -0.2) is 26.9 Å². The maximum absolute atomic E-state index is 13.2. The monoisotopic (exact) mass is 384 g/mol. The van der Waals surface area contributed by atoms with Crippen LogP contribution >= 0.6 is 0 Å². The van der Waals surface area contributed by atoms with Gasteiger partial charge < -0.3 is 5.32 Å². The molecule has 5 nitrogen and oxygen atoms in total. The van der Waals surface area contributed by atoms with Gasteiger partial charge in [0.05, 0.1) is 10.6 Å². The molecule has 0 atom stereocenters. The summed E-state index contributed by atoms with van der Waals surface area (Å²) in [7, 11) is -3.69.